The van der Waals surface area contributed by atoms with Crippen LogP contribution in [0.1, 0.15) is 59.4 Å². The molecule has 0 aliphatic heterocycles. The number of rotatable bonds is 4. The van der Waals surface area contributed by atoms with E-state index in [1.807, 2.05) is 51.3 Å². The Morgan fingerprint density at radius 1 is 1.35 bits per heavy atom. The fraction of sp³-hybridized carbons (Fsp3) is 0.353. The largest absolute Gasteiger partial charge is 0.345 e. The zero-order valence-corrected chi connectivity index (χ0v) is 14.4. The first kappa shape index (κ1) is 15.7. The van der Waals surface area contributed by atoms with E-state index in [4.69, 9.17) is 4.52 Å². The number of hydrogen-bond donors (Lipinski definition) is 1. The molecule has 1 amide bonds. The Morgan fingerprint density at radius 3 is 2.78 bits per heavy atom. The molecule has 3 aromatic rings. The molecule has 5 nitrogen and oxygen atoms in total. The molecule has 6 heteroatoms. The summed E-state index contributed by atoms with van der Waals surface area (Å²) in [5, 5.41) is 9.69. The minimum absolute atomic E-state index is 0.0478. The summed E-state index contributed by atoms with van der Waals surface area (Å²) in [5.41, 5.74) is 2.49. The molecule has 3 aromatic heterocycles. The predicted octanol–water partition coefficient (Wildman–Crippen LogP) is 4.21. The summed E-state index contributed by atoms with van der Waals surface area (Å²) < 4.78 is 5.27. The van der Waals surface area contributed by atoms with Crippen LogP contribution in [0.25, 0.3) is 11.1 Å². The summed E-state index contributed by atoms with van der Waals surface area (Å²) >= 11 is 1.63. The van der Waals surface area contributed by atoms with E-state index < -0.39 is 0 Å². The van der Waals surface area contributed by atoms with Gasteiger partial charge in [-0.05, 0) is 37.3 Å². The molecule has 0 aromatic carbocycles. The topological polar surface area (TPSA) is 68.0 Å². The number of aromatic nitrogens is 2. The Labute approximate surface area is 138 Å². The molecule has 1 atom stereocenters. The van der Waals surface area contributed by atoms with Crippen LogP contribution in [0.2, 0.25) is 0 Å². The van der Waals surface area contributed by atoms with Crippen LogP contribution in [0, 0.1) is 6.92 Å². The summed E-state index contributed by atoms with van der Waals surface area (Å²) in [6.45, 7) is 7.87. The number of carbonyl (C=O) groups is 1. The normalized spacial score (nSPS) is 12.7. The van der Waals surface area contributed by atoms with Gasteiger partial charge in [-0.2, -0.15) is 0 Å². The SMILES string of the molecule is Cc1noc2nc(C(C)C)cc(C(=O)NC(C)c3cccs3)c12. The lowest BCUT2D eigenvalue weighted by Crippen LogP contribution is -2.26. The van der Waals surface area contributed by atoms with Gasteiger partial charge in [0.25, 0.3) is 11.6 Å². The van der Waals surface area contributed by atoms with Gasteiger partial charge in [-0.15, -0.1) is 11.3 Å². The summed E-state index contributed by atoms with van der Waals surface area (Å²) in [4.78, 5) is 18.4. The van der Waals surface area contributed by atoms with Gasteiger partial charge in [0.15, 0.2) is 0 Å². The first-order chi connectivity index (χ1) is 11.0. The second-order valence-electron chi connectivity index (χ2n) is 5.91. The number of fused-ring (bicyclic) bond motifs is 1. The van der Waals surface area contributed by atoms with Gasteiger partial charge in [-0.3, -0.25) is 4.79 Å². The maximum atomic E-state index is 12.8. The molecule has 0 spiro atoms. The highest BCUT2D eigenvalue weighted by Gasteiger charge is 2.21. The highest BCUT2D eigenvalue weighted by Crippen LogP contribution is 2.26. The fourth-order valence-electron chi connectivity index (χ4n) is 2.47. The Bertz CT molecular complexity index is 837. The smallest absolute Gasteiger partial charge is 0.259 e. The Morgan fingerprint density at radius 2 is 2.13 bits per heavy atom. The van der Waals surface area contributed by atoms with Crippen molar-refractivity contribution in [3.05, 3.63) is 45.4 Å². The third-order valence-electron chi connectivity index (χ3n) is 3.79. The number of pyridine rings is 1. The van der Waals surface area contributed by atoms with E-state index in [0.29, 0.717) is 22.4 Å². The highest BCUT2D eigenvalue weighted by molar-refractivity contribution is 7.10. The molecule has 0 saturated heterocycles. The maximum absolute atomic E-state index is 12.8. The third kappa shape index (κ3) is 2.99. The van der Waals surface area contributed by atoms with Crippen molar-refractivity contribution in [2.45, 2.75) is 39.7 Å². The monoisotopic (exact) mass is 329 g/mol. The van der Waals surface area contributed by atoms with Crippen molar-refractivity contribution in [2.75, 3.05) is 0 Å². The van der Waals surface area contributed by atoms with Crippen molar-refractivity contribution in [3.8, 4) is 0 Å². The van der Waals surface area contributed by atoms with E-state index >= 15 is 0 Å². The minimum atomic E-state index is -0.133. The van der Waals surface area contributed by atoms with Crippen LogP contribution in [-0.2, 0) is 0 Å². The van der Waals surface area contributed by atoms with Gasteiger partial charge in [0, 0.05) is 10.6 Å². The van der Waals surface area contributed by atoms with Crippen molar-refractivity contribution in [2.24, 2.45) is 0 Å². The standard InChI is InChI=1S/C17H19N3O2S/c1-9(2)13-8-12(15-11(4)20-22-17(15)19-13)16(21)18-10(3)14-6-5-7-23-14/h5-10H,1-4H3,(H,18,21). The average molecular weight is 329 g/mol. The van der Waals surface area contributed by atoms with E-state index in [2.05, 4.69) is 15.5 Å². The molecular formula is C17H19N3O2S. The number of amides is 1. The molecule has 3 rings (SSSR count). The van der Waals surface area contributed by atoms with Gasteiger partial charge in [0.05, 0.1) is 22.7 Å². The van der Waals surface area contributed by atoms with Crippen LogP contribution in [0.4, 0.5) is 0 Å². The Balaban J connectivity index is 2.00. The molecule has 3 heterocycles. The maximum Gasteiger partial charge on any atom is 0.259 e. The average Bonchev–Trinajstić information content (AvgIpc) is 3.16. The number of thiophene rings is 1. The lowest BCUT2D eigenvalue weighted by molar-refractivity contribution is 0.0942. The van der Waals surface area contributed by atoms with Crippen LogP contribution in [0.3, 0.4) is 0 Å². The van der Waals surface area contributed by atoms with Crippen molar-refractivity contribution in [1.29, 1.82) is 0 Å². The van der Waals surface area contributed by atoms with E-state index in [1.165, 1.54) is 0 Å². The summed E-state index contributed by atoms with van der Waals surface area (Å²) in [6.07, 6.45) is 0. The van der Waals surface area contributed by atoms with Gasteiger partial charge in [0.2, 0.25) is 0 Å². The zero-order valence-electron chi connectivity index (χ0n) is 13.6. The zero-order chi connectivity index (χ0) is 16.6. The molecular weight excluding hydrogens is 310 g/mol. The van der Waals surface area contributed by atoms with Crippen molar-refractivity contribution in [3.63, 3.8) is 0 Å². The first-order valence-corrected chi connectivity index (χ1v) is 8.46. The van der Waals surface area contributed by atoms with Crippen molar-refractivity contribution < 1.29 is 9.32 Å². The number of nitrogens with one attached hydrogen (secondary N) is 1. The Kier molecular flexibility index (Phi) is 4.17. The van der Waals surface area contributed by atoms with E-state index in [-0.39, 0.29) is 17.9 Å². The molecule has 0 aliphatic carbocycles. The molecule has 0 aliphatic rings. The molecule has 1 N–H and O–H groups in total. The van der Waals surface area contributed by atoms with Crippen LogP contribution >= 0.6 is 11.3 Å². The predicted molar refractivity (Wildman–Crippen MR) is 90.8 cm³/mol. The van der Waals surface area contributed by atoms with Gasteiger partial charge >= 0.3 is 0 Å². The van der Waals surface area contributed by atoms with Gasteiger partial charge in [0.1, 0.15) is 0 Å². The number of nitrogens with zero attached hydrogens (tertiary/aromatic N) is 2. The molecule has 0 radical (unpaired) electrons. The molecule has 0 fully saturated rings. The van der Waals surface area contributed by atoms with Crippen LogP contribution in [0.15, 0.2) is 28.1 Å². The van der Waals surface area contributed by atoms with Crippen LogP contribution in [-0.4, -0.2) is 16.0 Å². The molecule has 1 unspecified atom stereocenters. The summed E-state index contributed by atoms with van der Waals surface area (Å²) in [7, 11) is 0. The Hall–Kier alpha value is -2.21. The lowest BCUT2D eigenvalue weighted by Gasteiger charge is -2.14. The summed E-state index contributed by atoms with van der Waals surface area (Å²) in [6, 6.07) is 5.79. The minimum Gasteiger partial charge on any atom is -0.345 e. The summed E-state index contributed by atoms with van der Waals surface area (Å²) in [5.74, 6) is 0.0672. The second kappa shape index (κ2) is 6.12. The van der Waals surface area contributed by atoms with E-state index in [9.17, 15) is 4.79 Å². The number of carbonyl (C=O) groups excluding carboxylic acids is 1. The molecule has 120 valence electrons. The fourth-order valence-corrected chi connectivity index (χ4v) is 3.21. The van der Waals surface area contributed by atoms with Crippen molar-refractivity contribution >= 4 is 28.3 Å². The third-order valence-corrected chi connectivity index (χ3v) is 4.85. The first-order valence-electron chi connectivity index (χ1n) is 7.58. The second-order valence-corrected chi connectivity index (χ2v) is 6.89. The van der Waals surface area contributed by atoms with Crippen LogP contribution < -0.4 is 5.32 Å². The number of aryl methyl sites for hydroxylation is 1. The quantitative estimate of drug-likeness (QED) is 0.778. The molecule has 0 bridgehead atoms. The van der Waals surface area contributed by atoms with E-state index in [1.54, 1.807) is 11.3 Å². The van der Waals surface area contributed by atoms with Crippen molar-refractivity contribution in [1.82, 2.24) is 15.5 Å². The van der Waals surface area contributed by atoms with E-state index in [0.717, 1.165) is 10.6 Å². The molecule has 0 saturated carbocycles. The molecule has 23 heavy (non-hydrogen) atoms. The highest BCUT2D eigenvalue weighted by atomic mass is 32.1. The van der Waals surface area contributed by atoms with Crippen LogP contribution in [0.5, 0.6) is 0 Å². The number of hydrogen-bond acceptors (Lipinski definition) is 5. The van der Waals surface area contributed by atoms with Gasteiger partial charge in [-0.1, -0.05) is 25.1 Å². The van der Waals surface area contributed by atoms with Gasteiger partial charge < -0.3 is 9.84 Å². The lowest BCUT2D eigenvalue weighted by atomic mass is 10.0. The van der Waals surface area contributed by atoms with Gasteiger partial charge in [-0.25, -0.2) is 4.98 Å².